The topological polar surface area (TPSA) is 65.0 Å². The lowest BCUT2D eigenvalue weighted by Gasteiger charge is -2.12. The first-order chi connectivity index (χ1) is 29.7. The predicted molar refractivity (Wildman–Crippen MR) is 245 cm³/mol. The molecule has 1 aliphatic rings. The fourth-order valence-electron chi connectivity index (χ4n) is 8.80. The number of rotatable bonds is 6. The van der Waals surface area contributed by atoms with Crippen LogP contribution in [0.3, 0.4) is 0 Å². The number of furan rings is 2. The largest absolute Gasteiger partial charge is 0.456 e. The highest BCUT2D eigenvalue weighted by molar-refractivity contribution is 6.13. The molecular formula is C55H35N3O2. The van der Waals surface area contributed by atoms with E-state index < -0.39 is 0 Å². The van der Waals surface area contributed by atoms with Crippen molar-refractivity contribution >= 4 is 60.2 Å². The van der Waals surface area contributed by atoms with E-state index in [1.54, 1.807) is 0 Å². The molecule has 5 heteroatoms. The summed E-state index contributed by atoms with van der Waals surface area (Å²) in [5.41, 5.74) is 12.8. The Labute approximate surface area is 345 Å². The van der Waals surface area contributed by atoms with Gasteiger partial charge in [-0.05, 0) is 106 Å². The average Bonchev–Trinajstić information content (AvgIpc) is 3.90. The van der Waals surface area contributed by atoms with Crippen molar-refractivity contribution in [2.45, 2.75) is 12.8 Å². The van der Waals surface area contributed by atoms with Gasteiger partial charge in [0.25, 0.3) is 0 Å². The Morgan fingerprint density at radius 1 is 0.400 bits per heavy atom. The van der Waals surface area contributed by atoms with Crippen LogP contribution in [0.1, 0.15) is 18.4 Å². The zero-order valence-corrected chi connectivity index (χ0v) is 32.5. The molecule has 0 radical (unpaired) electrons. The Hall–Kier alpha value is -7.89. The Morgan fingerprint density at radius 2 is 1.07 bits per heavy atom. The van der Waals surface area contributed by atoms with Gasteiger partial charge >= 0.3 is 0 Å². The number of aromatic nitrogens is 3. The number of hydrogen-bond donors (Lipinski definition) is 0. The molecule has 3 heterocycles. The number of nitrogens with zero attached hydrogens (tertiary/aromatic N) is 3. The minimum absolute atomic E-state index is 0.545. The molecule has 0 N–H and O–H groups in total. The van der Waals surface area contributed by atoms with Crippen molar-refractivity contribution in [3.63, 3.8) is 0 Å². The first kappa shape index (κ1) is 34.2. The van der Waals surface area contributed by atoms with Crippen LogP contribution in [0.5, 0.6) is 0 Å². The summed E-state index contributed by atoms with van der Waals surface area (Å²) in [6.07, 6.45) is 8.57. The molecule has 0 aliphatic heterocycles. The summed E-state index contributed by atoms with van der Waals surface area (Å²) in [6.45, 7) is 0. The van der Waals surface area contributed by atoms with Crippen LogP contribution in [-0.2, 0) is 0 Å². The highest BCUT2D eigenvalue weighted by Gasteiger charge is 2.21. The van der Waals surface area contributed by atoms with Gasteiger partial charge in [0.1, 0.15) is 22.3 Å². The maximum absolute atomic E-state index is 6.65. The van der Waals surface area contributed by atoms with Gasteiger partial charge in [-0.3, -0.25) is 0 Å². The van der Waals surface area contributed by atoms with Crippen LogP contribution in [-0.4, -0.2) is 15.0 Å². The first-order valence-corrected chi connectivity index (χ1v) is 20.4. The van der Waals surface area contributed by atoms with Gasteiger partial charge in [0.2, 0.25) is 0 Å². The van der Waals surface area contributed by atoms with Gasteiger partial charge in [-0.2, -0.15) is 0 Å². The van der Waals surface area contributed by atoms with Gasteiger partial charge in [0, 0.05) is 32.7 Å². The molecule has 5 nitrogen and oxygen atoms in total. The fraction of sp³-hybridized carbons (Fsp3) is 0.0364. The minimum atomic E-state index is 0.545. The maximum atomic E-state index is 6.65. The molecule has 1 aliphatic carbocycles. The summed E-state index contributed by atoms with van der Waals surface area (Å²) < 4.78 is 13.2. The molecule has 3 aromatic heterocycles. The normalized spacial score (nSPS) is 12.9. The molecule has 0 saturated carbocycles. The van der Waals surface area contributed by atoms with E-state index >= 15 is 0 Å². The van der Waals surface area contributed by atoms with Crippen LogP contribution in [0.15, 0.2) is 197 Å². The summed E-state index contributed by atoms with van der Waals surface area (Å²) in [7, 11) is 0. The molecule has 0 atom stereocenters. The van der Waals surface area contributed by atoms with E-state index in [2.05, 4.69) is 146 Å². The van der Waals surface area contributed by atoms with Crippen molar-refractivity contribution in [1.82, 2.24) is 15.0 Å². The zero-order chi connectivity index (χ0) is 39.6. The van der Waals surface area contributed by atoms with Crippen molar-refractivity contribution < 1.29 is 8.83 Å². The maximum Gasteiger partial charge on any atom is 0.167 e. The number of para-hydroxylation sites is 2. The van der Waals surface area contributed by atoms with Crippen LogP contribution >= 0.6 is 0 Å². The third kappa shape index (κ3) is 5.82. The Balaban J connectivity index is 1.01. The third-order valence-electron chi connectivity index (χ3n) is 11.8. The van der Waals surface area contributed by atoms with E-state index in [1.807, 2.05) is 42.5 Å². The van der Waals surface area contributed by atoms with Gasteiger partial charge in [-0.15, -0.1) is 0 Å². The summed E-state index contributed by atoms with van der Waals surface area (Å²) in [6, 6.07) is 59.3. The average molecular weight is 770 g/mol. The standard InChI is InChI=1S/C55H35N3O2/c1-3-12-34(13-4-1)37-16-9-17-41(30-37)53-56-54(58-55(57-53)47-21-10-19-44-43-18-7-8-22-48(43)60-52(44)47)46-20-11-23-49-51(46)45-29-28-40(33-50(45)59-49)39-27-25-36-24-26-38(31-42(36)32-39)35-14-5-2-6-15-35/h1-3,5-12,14-33H,4,13H2. The Bertz CT molecular complexity index is 3550. The van der Waals surface area contributed by atoms with E-state index in [-0.39, 0.29) is 0 Å². The highest BCUT2D eigenvalue weighted by atomic mass is 16.3. The summed E-state index contributed by atoms with van der Waals surface area (Å²) in [5.74, 6) is 1.70. The highest BCUT2D eigenvalue weighted by Crippen LogP contribution is 2.40. The van der Waals surface area contributed by atoms with E-state index in [4.69, 9.17) is 23.8 Å². The van der Waals surface area contributed by atoms with Crippen molar-refractivity contribution in [2.24, 2.45) is 0 Å². The Kier molecular flexibility index (Phi) is 7.91. The third-order valence-corrected chi connectivity index (χ3v) is 11.8. The molecule has 0 spiro atoms. The lowest BCUT2D eigenvalue weighted by atomic mass is 9.96. The van der Waals surface area contributed by atoms with Crippen LogP contribution in [0.25, 0.3) is 117 Å². The molecule has 0 fully saturated rings. The fourth-order valence-corrected chi connectivity index (χ4v) is 8.80. The van der Waals surface area contributed by atoms with Crippen molar-refractivity contribution in [3.05, 3.63) is 194 Å². The quantitative estimate of drug-likeness (QED) is 0.168. The molecule has 60 heavy (non-hydrogen) atoms. The van der Waals surface area contributed by atoms with Gasteiger partial charge in [-0.25, -0.2) is 15.0 Å². The minimum Gasteiger partial charge on any atom is -0.456 e. The van der Waals surface area contributed by atoms with Crippen LogP contribution in [0.2, 0.25) is 0 Å². The molecule has 8 aromatic carbocycles. The van der Waals surface area contributed by atoms with Crippen molar-refractivity contribution in [2.75, 3.05) is 0 Å². The van der Waals surface area contributed by atoms with Gasteiger partial charge in [0.05, 0.1) is 5.56 Å². The molecule has 0 unspecified atom stereocenters. The Morgan fingerprint density at radius 3 is 1.93 bits per heavy atom. The van der Waals surface area contributed by atoms with Crippen LogP contribution in [0.4, 0.5) is 0 Å². The molecular weight excluding hydrogens is 735 g/mol. The zero-order valence-electron chi connectivity index (χ0n) is 32.5. The van der Waals surface area contributed by atoms with Gasteiger partial charge in [-0.1, -0.05) is 140 Å². The molecule has 282 valence electrons. The van der Waals surface area contributed by atoms with Gasteiger partial charge in [0.15, 0.2) is 17.5 Å². The van der Waals surface area contributed by atoms with Crippen molar-refractivity contribution in [1.29, 1.82) is 0 Å². The lowest BCUT2D eigenvalue weighted by molar-refractivity contribution is 0.668. The first-order valence-electron chi connectivity index (χ1n) is 20.4. The molecule has 0 saturated heterocycles. The summed E-state index contributed by atoms with van der Waals surface area (Å²) in [5, 5.41) is 6.43. The summed E-state index contributed by atoms with van der Waals surface area (Å²) >= 11 is 0. The molecule has 0 amide bonds. The SMILES string of the molecule is C1=CCCC(c2cccc(-c3nc(-c4cccc5c4oc4ccccc45)nc(-c4cccc5oc6cc(-c7ccc8ccc(-c9ccccc9)cc8c7)ccc6c45)n3)c2)=C1. The van der Waals surface area contributed by atoms with E-state index in [9.17, 15) is 0 Å². The predicted octanol–water partition coefficient (Wildman–Crippen LogP) is 14.9. The van der Waals surface area contributed by atoms with Crippen LogP contribution < -0.4 is 0 Å². The number of allylic oxidation sites excluding steroid dienone is 4. The van der Waals surface area contributed by atoms with E-state index in [0.29, 0.717) is 17.5 Å². The van der Waals surface area contributed by atoms with Crippen molar-refractivity contribution in [3.8, 4) is 56.4 Å². The second-order valence-corrected chi connectivity index (χ2v) is 15.5. The lowest BCUT2D eigenvalue weighted by Crippen LogP contribution is -2.01. The number of hydrogen-bond acceptors (Lipinski definition) is 5. The van der Waals surface area contributed by atoms with E-state index in [1.165, 1.54) is 33.0 Å². The van der Waals surface area contributed by atoms with E-state index in [0.717, 1.165) is 84.5 Å². The molecule has 11 aromatic rings. The molecule has 0 bridgehead atoms. The van der Waals surface area contributed by atoms with Gasteiger partial charge < -0.3 is 8.83 Å². The summed E-state index contributed by atoms with van der Waals surface area (Å²) in [4.78, 5) is 15.7. The second-order valence-electron chi connectivity index (χ2n) is 15.5. The molecule has 12 rings (SSSR count). The smallest absolute Gasteiger partial charge is 0.167 e. The van der Waals surface area contributed by atoms with Crippen LogP contribution in [0, 0.1) is 0 Å². The monoisotopic (exact) mass is 769 g/mol. The number of benzene rings is 8. The second kappa shape index (κ2) is 13.9. The number of fused-ring (bicyclic) bond motifs is 7.